The molecule has 6 nitrogen and oxygen atoms in total. The molecule has 34 heavy (non-hydrogen) atoms. The topological polar surface area (TPSA) is 71.7 Å². The summed E-state index contributed by atoms with van der Waals surface area (Å²) in [6.07, 6.45) is 4.60. The van der Waals surface area contributed by atoms with Crippen LogP contribution in [0, 0.1) is 0 Å². The van der Waals surface area contributed by atoms with E-state index in [9.17, 15) is 13.2 Å². The van der Waals surface area contributed by atoms with Gasteiger partial charge in [0.25, 0.3) is 5.91 Å². The average Bonchev–Trinajstić information content (AvgIpc) is 3.22. The molecule has 5 rings (SSSR count). The number of thiazole rings is 1. The first-order valence-corrected chi connectivity index (χ1v) is 13.6. The highest BCUT2D eigenvalue weighted by atomic mass is 32.2. The summed E-state index contributed by atoms with van der Waals surface area (Å²) in [4.78, 5) is 18.2. The standard InChI is InChI=1S/C26H25N3O3S2/c1-2-16-29-23-15-12-19-8-4-5-9-22(19)24(23)33-26(29)27-25(30)20-10-13-21(14-11-20)34(31,32)28-17-6-3-7-18-28/h2,4-5,8-15H,1,3,6-7,16-18H2. The molecule has 8 heteroatoms. The van der Waals surface area contributed by atoms with Crippen LogP contribution >= 0.6 is 11.3 Å². The van der Waals surface area contributed by atoms with Crippen molar-refractivity contribution in [1.82, 2.24) is 8.87 Å². The summed E-state index contributed by atoms with van der Waals surface area (Å²) < 4.78 is 30.3. The lowest BCUT2D eigenvalue weighted by Crippen LogP contribution is -2.35. The minimum atomic E-state index is -3.54. The highest BCUT2D eigenvalue weighted by Crippen LogP contribution is 2.28. The van der Waals surface area contributed by atoms with Gasteiger partial charge in [-0.25, -0.2) is 8.42 Å². The fourth-order valence-corrected chi connectivity index (χ4v) is 7.05. The van der Waals surface area contributed by atoms with Gasteiger partial charge in [-0.05, 0) is 48.6 Å². The van der Waals surface area contributed by atoms with Gasteiger partial charge in [0.1, 0.15) is 0 Å². The number of carbonyl (C=O) groups is 1. The maximum Gasteiger partial charge on any atom is 0.279 e. The van der Waals surface area contributed by atoms with E-state index < -0.39 is 15.9 Å². The molecule has 0 atom stereocenters. The zero-order chi connectivity index (χ0) is 23.7. The van der Waals surface area contributed by atoms with Gasteiger partial charge in [-0.15, -0.1) is 6.58 Å². The molecule has 0 N–H and O–H groups in total. The lowest BCUT2D eigenvalue weighted by Gasteiger charge is -2.25. The molecule has 0 bridgehead atoms. The number of amides is 1. The Bertz CT molecular complexity index is 1560. The molecule has 0 saturated carbocycles. The summed E-state index contributed by atoms with van der Waals surface area (Å²) in [5.74, 6) is -0.407. The van der Waals surface area contributed by atoms with Gasteiger partial charge in [0.15, 0.2) is 4.80 Å². The van der Waals surface area contributed by atoms with E-state index >= 15 is 0 Å². The Kier molecular flexibility index (Phi) is 6.20. The number of rotatable bonds is 5. The number of sulfonamides is 1. The van der Waals surface area contributed by atoms with E-state index in [0.717, 1.165) is 40.3 Å². The van der Waals surface area contributed by atoms with Crippen LogP contribution in [0.3, 0.4) is 0 Å². The molecule has 174 valence electrons. The molecule has 3 aromatic carbocycles. The van der Waals surface area contributed by atoms with Gasteiger partial charge in [-0.3, -0.25) is 4.79 Å². The van der Waals surface area contributed by atoms with Crippen LogP contribution in [0.2, 0.25) is 0 Å². The van der Waals surface area contributed by atoms with Gasteiger partial charge in [0.2, 0.25) is 10.0 Å². The van der Waals surface area contributed by atoms with Crippen molar-refractivity contribution in [3.05, 3.63) is 83.7 Å². The Morgan fingerprint density at radius 2 is 1.74 bits per heavy atom. The van der Waals surface area contributed by atoms with Gasteiger partial charge in [-0.2, -0.15) is 9.30 Å². The second-order valence-corrected chi connectivity index (χ2v) is 11.2. The largest absolute Gasteiger partial charge is 0.312 e. The smallest absolute Gasteiger partial charge is 0.279 e. The first-order valence-electron chi connectivity index (χ1n) is 11.3. The van der Waals surface area contributed by atoms with E-state index in [-0.39, 0.29) is 4.90 Å². The number of benzene rings is 3. The van der Waals surface area contributed by atoms with E-state index in [1.54, 1.807) is 18.2 Å². The molecule has 0 spiro atoms. The predicted molar refractivity (Wildman–Crippen MR) is 136 cm³/mol. The fourth-order valence-electron chi connectivity index (χ4n) is 4.36. The average molecular weight is 492 g/mol. The van der Waals surface area contributed by atoms with Gasteiger partial charge < -0.3 is 4.57 Å². The lowest BCUT2D eigenvalue weighted by atomic mass is 10.1. The maximum atomic E-state index is 13.0. The molecule has 0 radical (unpaired) electrons. The predicted octanol–water partition coefficient (Wildman–Crippen LogP) is 4.96. The molecule has 0 unspecified atom stereocenters. The van der Waals surface area contributed by atoms with Gasteiger partial charge in [0.05, 0.1) is 15.1 Å². The number of hydrogen-bond acceptors (Lipinski definition) is 4. The van der Waals surface area contributed by atoms with Crippen LogP contribution in [0.25, 0.3) is 21.0 Å². The first-order chi connectivity index (χ1) is 16.5. The Morgan fingerprint density at radius 1 is 1.00 bits per heavy atom. The Labute approximate surface area is 202 Å². The molecule has 0 aliphatic carbocycles. The van der Waals surface area contributed by atoms with Crippen molar-refractivity contribution in [3.63, 3.8) is 0 Å². The molecule has 1 aliphatic rings. The first kappa shape index (κ1) is 22.7. The van der Waals surface area contributed by atoms with Crippen LogP contribution in [0.4, 0.5) is 0 Å². The highest BCUT2D eigenvalue weighted by Gasteiger charge is 2.26. The Morgan fingerprint density at radius 3 is 2.47 bits per heavy atom. The van der Waals surface area contributed by atoms with Gasteiger partial charge in [-0.1, -0.05) is 54.2 Å². The van der Waals surface area contributed by atoms with Crippen molar-refractivity contribution in [2.45, 2.75) is 30.7 Å². The second kappa shape index (κ2) is 9.29. The molecule has 1 aromatic heterocycles. The number of fused-ring (bicyclic) bond motifs is 3. The van der Waals surface area contributed by atoms with Crippen molar-refractivity contribution in [3.8, 4) is 0 Å². The Hall–Kier alpha value is -3.07. The summed E-state index contributed by atoms with van der Waals surface area (Å²) in [5, 5.41) is 2.24. The number of allylic oxidation sites excluding steroid dienone is 1. The minimum absolute atomic E-state index is 0.209. The molecule has 1 fully saturated rings. The fraction of sp³-hybridized carbons (Fsp3) is 0.231. The summed E-state index contributed by atoms with van der Waals surface area (Å²) in [7, 11) is -3.54. The minimum Gasteiger partial charge on any atom is -0.312 e. The number of piperidine rings is 1. The number of aromatic nitrogens is 1. The molecule has 1 aliphatic heterocycles. The van der Waals surface area contributed by atoms with Crippen LogP contribution in [-0.2, 0) is 16.6 Å². The van der Waals surface area contributed by atoms with Crippen LogP contribution in [-0.4, -0.2) is 36.3 Å². The molecular weight excluding hydrogens is 466 g/mol. The third-order valence-electron chi connectivity index (χ3n) is 6.14. The highest BCUT2D eigenvalue weighted by molar-refractivity contribution is 7.89. The molecule has 4 aromatic rings. The van der Waals surface area contributed by atoms with Crippen LogP contribution in [0.15, 0.2) is 83.2 Å². The van der Waals surface area contributed by atoms with E-state index in [1.165, 1.54) is 27.8 Å². The number of hydrogen-bond donors (Lipinski definition) is 0. The van der Waals surface area contributed by atoms with Crippen LogP contribution in [0.1, 0.15) is 29.6 Å². The van der Waals surface area contributed by atoms with Crippen molar-refractivity contribution < 1.29 is 13.2 Å². The second-order valence-electron chi connectivity index (χ2n) is 8.32. The lowest BCUT2D eigenvalue weighted by molar-refractivity contribution is 0.0997. The number of nitrogens with zero attached hydrogens (tertiary/aromatic N) is 3. The SMILES string of the molecule is C=CCn1c(=NC(=O)c2ccc(S(=O)(=O)N3CCCCC3)cc2)sc2c3ccccc3ccc21. The molecule has 1 amide bonds. The van der Waals surface area contributed by atoms with Crippen LogP contribution < -0.4 is 4.80 Å². The third kappa shape index (κ3) is 4.13. The summed E-state index contributed by atoms with van der Waals surface area (Å²) >= 11 is 1.47. The molecule has 2 heterocycles. The van der Waals surface area contributed by atoms with E-state index in [2.05, 4.69) is 29.8 Å². The number of carbonyl (C=O) groups excluding carboxylic acids is 1. The van der Waals surface area contributed by atoms with E-state index in [0.29, 0.717) is 30.0 Å². The monoisotopic (exact) mass is 491 g/mol. The summed E-state index contributed by atoms with van der Waals surface area (Å²) in [6, 6.07) is 18.3. The molecule has 1 saturated heterocycles. The quantitative estimate of drug-likeness (QED) is 0.371. The van der Waals surface area contributed by atoms with Crippen molar-refractivity contribution in [2.75, 3.05) is 13.1 Å². The maximum absolute atomic E-state index is 13.0. The van der Waals surface area contributed by atoms with E-state index in [1.807, 2.05) is 22.8 Å². The zero-order valence-electron chi connectivity index (χ0n) is 18.7. The van der Waals surface area contributed by atoms with Crippen LogP contribution in [0.5, 0.6) is 0 Å². The normalized spacial score (nSPS) is 15.7. The van der Waals surface area contributed by atoms with Gasteiger partial charge >= 0.3 is 0 Å². The van der Waals surface area contributed by atoms with Crippen molar-refractivity contribution >= 4 is 48.3 Å². The molecular formula is C26H25N3O3S2. The summed E-state index contributed by atoms with van der Waals surface area (Å²) in [6.45, 7) is 5.46. The van der Waals surface area contributed by atoms with Crippen molar-refractivity contribution in [1.29, 1.82) is 0 Å². The Balaban J connectivity index is 1.51. The van der Waals surface area contributed by atoms with Crippen molar-refractivity contribution in [2.24, 2.45) is 4.99 Å². The third-order valence-corrected chi connectivity index (χ3v) is 9.18. The van der Waals surface area contributed by atoms with E-state index in [4.69, 9.17) is 0 Å². The zero-order valence-corrected chi connectivity index (χ0v) is 20.3. The van der Waals surface area contributed by atoms with Gasteiger partial charge in [0, 0.05) is 30.6 Å². The summed E-state index contributed by atoms with van der Waals surface area (Å²) in [5.41, 5.74) is 1.35.